The zero-order chi connectivity index (χ0) is 17.8. The van der Waals surface area contributed by atoms with Crippen molar-refractivity contribution in [2.24, 2.45) is 0 Å². The van der Waals surface area contributed by atoms with Crippen LogP contribution in [-0.4, -0.2) is 37.9 Å². The van der Waals surface area contributed by atoms with Gasteiger partial charge in [0.15, 0.2) is 5.76 Å². The van der Waals surface area contributed by atoms with Gasteiger partial charge in [-0.3, -0.25) is 4.79 Å². The van der Waals surface area contributed by atoms with Crippen LogP contribution in [0.1, 0.15) is 22.2 Å². The van der Waals surface area contributed by atoms with Crippen LogP contribution in [0.5, 0.6) is 0 Å². The Morgan fingerprint density at radius 3 is 2.60 bits per heavy atom. The van der Waals surface area contributed by atoms with Crippen LogP contribution in [0, 0.1) is 0 Å². The number of likely N-dealkylation sites (N-methyl/N-ethyl adjacent to an activating group) is 1. The first-order valence-electron chi connectivity index (χ1n) is 8.19. The standard InChI is InChI=1S/C20H21ClN2O2/c1-23(2)17(15-8-4-5-9-16(15)21)12-22-13-18(24)20-11-14-7-3-6-10-19(14)25-20/h3-11,17,22H,12-13H2,1-2H3. The summed E-state index contributed by atoms with van der Waals surface area (Å²) in [5, 5.41) is 4.89. The second-order valence-corrected chi connectivity index (χ2v) is 6.61. The number of Topliss-reactive ketones (excluding diaryl/α,β-unsaturated/α-hetero) is 1. The van der Waals surface area contributed by atoms with Crippen molar-refractivity contribution in [1.82, 2.24) is 10.2 Å². The van der Waals surface area contributed by atoms with Crippen molar-refractivity contribution in [1.29, 1.82) is 0 Å². The number of para-hydroxylation sites is 1. The molecule has 3 aromatic rings. The fourth-order valence-electron chi connectivity index (χ4n) is 2.84. The van der Waals surface area contributed by atoms with Crippen LogP contribution in [0.25, 0.3) is 11.0 Å². The van der Waals surface area contributed by atoms with Crippen molar-refractivity contribution in [2.75, 3.05) is 27.2 Å². The molecule has 5 heteroatoms. The fraction of sp³-hybridized carbons (Fsp3) is 0.250. The molecule has 0 aliphatic heterocycles. The van der Waals surface area contributed by atoms with E-state index in [0.29, 0.717) is 12.3 Å². The van der Waals surface area contributed by atoms with Crippen LogP contribution in [-0.2, 0) is 0 Å². The first-order valence-corrected chi connectivity index (χ1v) is 8.57. The SMILES string of the molecule is CN(C)C(CNCC(=O)c1cc2ccccc2o1)c1ccccc1Cl. The van der Waals surface area contributed by atoms with Gasteiger partial charge in [0.1, 0.15) is 5.58 Å². The lowest BCUT2D eigenvalue weighted by atomic mass is 10.1. The molecule has 2 aromatic carbocycles. The molecule has 25 heavy (non-hydrogen) atoms. The van der Waals surface area contributed by atoms with E-state index in [1.54, 1.807) is 6.07 Å². The van der Waals surface area contributed by atoms with Crippen LogP contribution < -0.4 is 5.32 Å². The normalized spacial score (nSPS) is 12.6. The third-order valence-corrected chi connectivity index (χ3v) is 4.56. The van der Waals surface area contributed by atoms with E-state index >= 15 is 0 Å². The predicted octanol–water partition coefficient (Wildman–Crippen LogP) is 4.16. The quantitative estimate of drug-likeness (QED) is 0.645. The van der Waals surface area contributed by atoms with E-state index in [2.05, 4.69) is 10.2 Å². The van der Waals surface area contributed by atoms with Crippen LogP contribution in [0.15, 0.2) is 59.0 Å². The third kappa shape index (κ3) is 4.10. The van der Waals surface area contributed by atoms with E-state index < -0.39 is 0 Å². The maximum Gasteiger partial charge on any atom is 0.211 e. The van der Waals surface area contributed by atoms with Crippen LogP contribution >= 0.6 is 11.6 Å². The first-order chi connectivity index (χ1) is 12.1. The maximum absolute atomic E-state index is 12.4. The number of hydrogen-bond acceptors (Lipinski definition) is 4. The molecule has 1 N–H and O–H groups in total. The van der Waals surface area contributed by atoms with Crippen molar-refractivity contribution in [3.63, 3.8) is 0 Å². The Kier molecular flexibility index (Phi) is 5.53. The molecule has 0 aliphatic rings. The van der Waals surface area contributed by atoms with Gasteiger partial charge in [0.05, 0.1) is 6.54 Å². The Hall–Kier alpha value is -2.14. The molecule has 1 heterocycles. The predicted molar refractivity (Wildman–Crippen MR) is 101 cm³/mol. The van der Waals surface area contributed by atoms with Crippen LogP contribution in [0.3, 0.4) is 0 Å². The number of fused-ring (bicyclic) bond motifs is 1. The number of halogens is 1. The summed E-state index contributed by atoms with van der Waals surface area (Å²) in [5.41, 5.74) is 1.77. The highest BCUT2D eigenvalue weighted by Gasteiger charge is 2.18. The van der Waals surface area contributed by atoms with Gasteiger partial charge in [-0.05, 0) is 37.9 Å². The topological polar surface area (TPSA) is 45.5 Å². The van der Waals surface area contributed by atoms with Crippen molar-refractivity contribution in [2.45, 2.75) is 6.04 Å². The molecule has 0 saturated heterocycles. The molecule has 0 bridgehead atoms. The monoisotopic (exact) mass is 356 g/mol. The van der Waals surface area contributed by atoms with Gasteiger partial charge in [-0.2, -0.15) is 0 Å². The molecule has 0 radical (unpaired) electrons. The highest BCUT2D eigenvalue weighted by molar-refractivity contribution is 6.31. The lowest BCUT2D eigenvalue weighted by Crippen LogP contribution is -2.34. The lowest BCUT2D eigenvalue weighted by Gasteiger charge is -2.25. The summed E-state index contributed by atoms with van der Waals surface area (Å²) in [5.74, 6) is 0.320. The highest BCUT2D eigenvalue weighted by atomic mass is 35.5. The van der Waals surface area contributed by atoms with Crippen molar-refractivity contribution in [3.8, 4) is 0 Å². The summed E-state index contributed by atoms with van der Waals surface area (Å²) in [6.45, 7) is 0.831. The van der Waals surface area contributed by atoms with E-state index in [-0.39, 0.29) is 18.4 Å². The van der Waals surface area contributed by atoms with Gasteiger partial charge in [0.25, 0.3) is 0 Å². The molecule has 1 atom stereocenters. The van der Waals surface area contributed by atoms with Crippen LogP contribution in [0.4, 0.5) is 0 Å². The van der Waals surface area contributed by atoms with E-state index in [0.717, 1.165) is 21.6 Å². The lowest BCUT2D eigenvalue weighted by molar-refractivity contribution is 0.0964. The van der Waals surface area contributed by atoms with E-state index in [1.165, 1.54) is 0 Å². The number of nitrogens with zero attached hydrogens (tertiary/aromatic N) is 1. The minimum atomic E-state index is -0.0622. The van der Waals surface area contributed by atoms with Crippen molar-refractivity contribution in [3.05, 3.63) is 70.9 Å². The first kappa shape index (κ1) is 17.7. The average Bonchev–Trinajstić information content (AvgIpc) is 3.03. The number of hydrogen-bond donors (Lipinski definition) is 1. The number of carbonyl (C=O) groups excluding carboxylic acids is 1. The summed E-state index contributed by atoms with van der Waals surface area (Å²) in [7, 11) is 3.99. The fourth-order valence-corrected chi connectivity index (χ4v) is 3.11. The second-order valence-electron chi connectivity index (χ2n) is 6.20. The molecule has 1 unspecified atom stereocenters. The number of nitrogens with one attached hydrogen (secondary N) is 1. The Morgan fingerprint density at radius 2 is 1.88 bits per heavy atom. The maximum atomic E-state index is 12.4. The minimum Gasteiger partial charge on any atom is -0.453 e. The van der Waals surface area contributed by atoms with Crippen molar-refractivity contribution < 1.29 is 9.21 Å². The summed E-state index contributed by atoms with van der Waals surface area (Å²) >= 11 is 6.31. The molecule has 4 nitrogen and oxygen atoms in total. The molecule has 0 spiro atoms. The number of ketones is 1. The van der Waals surface area contributed by atoms with Gasteiger partial charge in [-0.1, -0.05) is 48.0 Å². The smallest absolute Gasteiger partial charge is 0.211 e. The molecular weight excluding hydrogens is 336 g/mol. The van der Waals surface area contributed by atoms with Gasteiger partial charge < -0.3 is 14.6 Å². The molecule has 0 amide bonds. The zero-order valence-corrected chi connectivity index (χ0v) is 15.1. The third-order valence-electron chi connectivity index (χ3n) is 4.21. The molecule has 0 fully saturated rings. The van der Waals surface area contributed by atoms with Gasteiger partial charge in [-0.15, -0.1) is 0 Å². The number of rotatable bonds is 7. The number of carbonyl (C=O) groups is 1. The summed E-state index contributed by atoms with van der Waals surface area (Å²) < 4.78 is 5.62. The molecule has 0 aliphatic carbocycles. The molecular formula is C20H21ClN2O2. The van der Waals surface area contributed by atoms with E-state index in [1.807, 2.05) is 62.6 Å². The molecule has 0 saturated carbocycles. The van der Waals surface area contributed by atoms with Gasteiger partial charge >= 0.3 is 0 Å². The Morgan fingerprint density at radius 1 is 1.16 bits per heavy atom. The molecule has 1 aromatic heterocycles. The Bertz CT molecular complexity index is 840. The van der Waals surface area contributed by atoms with Gasteiger partial charge in [-0.25, -0.2) is 0 Å². The van der Waals surface area contributed by atoms with Crippen LogP contribution in [0.2, 0.25) is 5.02 Å². The largest absolute Gasteiger partial charge is 0.453 e. The summed E-state index contributed by atoms with van der Waals surface area (Å²) in [6.07, 6.45) is 0. The zero-order valence-electron chi connectivity index (χ0n) is 14.3. The van der Waals surface area contributed by atoms with E-state index in [9.17, 15) is 4.79 Å². The van der Waals surface area contributed by atoms with Gasteiger partial charge in [0.2, 0.25) is 5.78 Å². The summed E-state index contributed by atoms with van der Waals surface area (Å²) in [6, 6.07) is 17.3. The summed E-state index contributed by atoms with van der Waals surface area (Å²) in [4.78, 5) is 14.5. The minimum absolute atomic E-state index is 0.0622. The Labute approximate surface area is 152 Å². The van der Waals surface area contributed by atoms with E-state index in [4.69, 9.17) is 16.0 Å². The number of furan rings is 1. The van der Waals surface area contributed by atoms with Crippen molar-refractivity contribution >= 4 is 28.4 Å². The Balaban J connectivity index is 1.64. The number of benzene rings is 2. The highest BCUT2D eigenvalue weighted by Crippen LogP contribution is 2.25. The van der Waals surface area contributed by atoms with Gasteiger partial charge in [0, 0.05) is 23.0 Å². The molecule has 3 rings (SSSR count). The second kappa shape index (κ2) is 7.83. The average molecular weight is 357 g/mol. The molecule has 130 valence electrons.